The lowest BCUT2D eigenvalue weighted by atomic mass is 10.1. The van der Waals surface area contributed by atoms with Gasteiger partial charge in [-0.25, -0.2) is 14.1 Å². The molecular formula is C21H18ClFN2O4. The van der Waals surface area contributed by atoms with Gasteiger partial charge in [0.25, 0.3) is 11.8 Å². The Hall–Kier alpha value is -3.19. The van der Waals surface area contributed by atoms with Gasteiger partial charge in [-0.05, 0) is 61.4 Å². The second-order valence-corrected chi connectivity index (χ2v) is 6.87. The molecular weight excluding hydrogens is 399 g/mol. The number of hydrogen-bond acceptors (Lipinski definition) is 4. The van der Waals surface area contributed by atoms with Gasteiger partial charge in [0.15, 0.2) is 0 Å². The van der Waals surface area contributed by atoms with Crippen molar-refractivity contribution in [2.45, 2.75) is 26.4 Å². The molecule has 0 bridgehead atoms. The molecule has 150 valence electrons. The van der Waals surface area contributed by atoms with E-state index in [0.717, 1.165) is 23.5 Å². The summed E-state index contributed by atoms with van der Waals surface area (Å²) in [7, 11) is 0. The minimum absolute atomic E-state index is 0.0160. The number of amides is 4. The zero-order valence-electron chi connectivity index (χ0n) is 15.7. The number of nitrogens with one attached hydrogen (secondary N) is 1. The molecule has 29 heavy (non-hydrogen) atoms. The molecule has 4 amide bonds. The van der Waals surface area contributed by atoms with Gasteiger partial charge in [0, 0.05) is 0 Å². The van der Waals surface area contributed by atoms with Crippen LogP contribution in [-0.4, -0.2) is 23.9 Å². The van der Waals surface area contributed by atoms with Crippen LogP contribution in [0.1, 0.15) is 25.8 Å². The Kier molecular flexibility index (Phi) is 5.98. The summed E-state index contributed by atoms with van der Waals surface area (Å²) in [5, 5.41) is 2.44. The van der Waals surface area contributed by atoms with Crippen LogP contribution >= 0.6 is 11.6 Å². The number of hydrogen-bond donors (Lipinski definition) is 1. The number of benzene rings is 2. The van der Waals surface area contributed by atoms with Crippen LogP contribution < -0.4 is 15.0 Å². The van der Waals surface area contributed by atoms with Crippen LogP contribution in [-0.2, 0) is 9.59 Å². The fourth-order valence-corrected chi connectivity index (χ4v) is 2.88. The van der Waals surface area contributed by atoms with E-state index in [2.05, 4.69) is 5.32 Å². The highest BCUT2D eigenvalue weighted by Gasteiger charge is 2.36. The predicted octanol–water partition coefficient (Wildman–Crippen LogP) is 4.32. The maximum absolute atomic E-state index is 13.2. The van der Waals surface area contributed by atoms with Gasteiger partial charge in [-0.3, -0.25) is 14.9 Å². The summed E-state index contributed by atoms with van der Waals surface area (Å²) in [5.74, 6) is -1.67. The fraction of sp³-hybridized carbons (Fsp3) is 0.190. The average molecular weight is 417 g/mol. The first kappa shape index (κ1) is 20.5. The van der Waals surface area contributed by atoms with Crippen molar-refractivity contribution in [1.82, 2.24) is 5.32 Å². The lowest BCUT2D eigenvalue weighted by Gasteiger charge is -2.26. The molecule has 1 aliphatic rings. The standard InChI is InChI=1S/C21H18ClFN2O4/c1-3-12(2)29-18-9-4-13(11-17(18)22)10-16-19(26)24-21(28)25(20(16)27)15-7-5-14(23)6-8-15/h4-12H,3H2,1-2H3,(H,24,26,28)/b16-10+/t12-/m1/s1. The van der Waals surface area contributed by atoms with Gasteiger partial charge in [0.1, 0.15) is 17.1 Å². The number of urea groups is 1. The lowest BCUT2D eigenvalue weighted by Crippen LogP contribution is -2.54. The van der Waals surface area contributed by atoms with E-state index in [4.69, 9.17) is 16.3 Å². The van der Waals surface area contributed by atoms with Crippen LogP contribution in [0.25, 0.3) is 6.08 Å². The number of carbonyl (C=O) groups excluding carboxylic acids is 3. The molecule has 1 heterocycles. The SMILES string of the molecule is CC[C@@H](C)Oc1ccc(/C=C2\C(=O)NC(=O)N(c3ccc(F)cc3)C2=O)cc1Cl. The number of ether oxygens (including phenoxy) is 1. The van der Waals surface area contributed by atoms with Gasteiger partial charge in [-0.2, -0.15) is 0 Å². The summed E-state index contributed by atoms with van der Waals surface area (Å²) in [4.78, 5) is 37.9. The molecule has 2 aromatic rings. The highest BCUT2D eigenvalue weighted by atomic mass is 35.5. The van der Waals surface area contributed by atoms with Gasteiger partial charge in [0.2, 0.25) is 0 Å². The van der Waals surface area contributed by atoms with Crippen LogP contribution in [0.15, 0.2) is 48.0 Å². The van der Waals surface area contributed by atoms with Gasteiger partial charge in [-0.15, -0.1) is 0 Å². The fourth-order valence-electron chi connectivity index (χ4n) is 2.65. The molecule has 8 heteroatoms. The Balaban J connectivity index is 1.92. The number of rotatable bonds is 5. The van der Waals surface area contributed by atoms with Crippen LogP contribution in [0.2, 0.25) is 5.02 Å². The normalized spacial score (nSPS) is 16.8. The first-order valence-corrected chi connectivity index (χ1v) is 9.31. The summed E-state index contributed by atoms with van der Waals surface area (Å²) in [6.07, 6.45) is 2.13. The van der Waals surface area contributed by atoms with Crippen LogP contribution in [0.4, 0.5) is 14.9 Å². The first-order valence-electron chi connectivity index (χ1n) is 8.93. The van der Waals surface area contributed by atoms with E-state index in [-0.39, 0.29) is 17.4 Å². The highest BCUT2D eigenvalue weighted by molar-refractivity contribution is 6.39. The van der Waals surface area contributed by atoms with E-state index in [0.29, 0.717) is 16.3 Å². The molecule has 3 rings (SSSR count). The van der Waals surface area contributed by atoms with Gasteiger partial charge in [0.05, 0.1) is 16.8 Å². The van der Waals surface area contributed by atoms with Gasteiger partial charge >= 0.3 is 6.03 Å². The van der Waals surface area contributed by atoms with Crippen molar-refractivity contribution >= 4 is 41.2 Å². The molecule has 0 aliphatic carbocycles. The summed E-state index contributed by atoms with van der Waals surface area (Å²) in [6.45, 7) is 3.90. The van der Waals surface area contributed by atoms with Crippen molar-refractivity contribution < 1.29 is 23.5 Å². The van der Waals surface area contributed by atoms with Crippen molar-refractivity contribution in [3.63, 3.8) is 0 Å². The van der Waals surface area contributed by atoms with Crippen LogP contribution in [0, 0.1) is 5.82 Å². The zero-order chi connectivity index (χ0) is 21.1. The quantitative estimate of drug-likeness (QED) is 0.581. The number of barbiturate groups is 1. The average Bonchev–Trinajstić information content (AvgIpc) is 2.68. The first-order chi connectivity index (χ1) is 13.8. The molecule has 6 nitrogen and oxygen atoms in total. The van der Waals surface area contributed by atoms with E-state index in [1.807, 2.05) is 13.8 Å². The molecule has 1 N–H and O–H groups in total. The van der Waals surface area contributed by atoms with E-state index >= 15 is 0 Å². The maximum Gasteiger partial charge on any atom is 0.335 e. The van der Waals surface area contributed by atoms with Crippen LogP contribution in [0.3, 0.4) is 0 Å². The van der Waals surface area contributed by atoms with Crippen molar-refractivity contribution in [2.24, 2.45) is 0 Å². The number of carbonyl (C=O) groups is 3. The molecule has 0 spiro atoms. The molecule has 0 unspecified atom stereocenters. The maximum atomic E-state index is 13.2. The Labute approximate surface area is 171 Å². The van der Waals surface area contributed by atoms with E-state index in [1.54, 1.807) is 18.2 Å². The molecule has 1 saturated heterocycles. The summed E-state index contributed by atoms with van der Waals surface area (Å²) >= 11 is 6.24. The van der Waals surface area contributed by atoms with Gasteiger partial charge < -0.3 is 4.74 Å². The predicted molar refractivity (Wildman–Crippen MR) is 107 cm³/mol. The van der Waals surface area contributed by atoms with E-state index in [1.165, 1.54) is 18.2 Å². The van der Waals surface area contributed by atoms with E-state index in [9.17, 15) is 18.8 Å². The Morgan fingerprint density at radius 1 is 1.17 bits per heavy atom. The Bertz CT molecular complexity index is 1000. The number of nitrogens with zero attached hydrogens (tertiary/aromatic N) is 1. The van der Waals surface area contributed by atoms with Gasteiger partial charge in [-0.1, -0.05) is 24.6 Å². The third-order valence-corrected chi connectivity index (χ3v) is 4.65. The largest absolute Gasteiger partial charge is 0.489 e. The Morgan fingerprint density at radius 2 is 1.86 bits per heavy atom. The van der Waals surface area contributed by atoms with Crippen LogP contribution in [0.5, 0.6) is 5.75 Å². The van der Waals surface area contributed by atoms with Crippen molar-refractivity contribution in [2.75, 3.05) is 4.90 Å². The third-order valence-electron chi connectivity index (χ3n) is 4.36. The van der Waals surface area contributed by atoms with Crippen molar-refractivity contribution in [3.05, 3.63) is 64.4 Å². The zero-order valence-corrected chi connectivity index (χ0v) is 16.5. The highest BCUT2D eigenvalue weighted by Crippen LogP contribution is 2.29. The minimum atomic E-state index is -0.904. The molecule has 0 aromatic heterocycles. The second kappa shape index (κ2) is 8.45. The molecule has 1 atom stereocenters. The summed E-state index contributed by atoms with van der Waals surface area (Å²) in [5.41, 5.74) is 0.377. The lowest BCUT2D eigenvalue weighted by molar-refractivity contribution is -0.122. The topological polar surface area (TPSA) is 75.7 Å². The summed E-state index contributed by atoms with van der Waals surface area (Å²) in [6, 6.07) is 8.74. The summed E-state index contributed by atoms with van der Waals surface area (Å²) < 4.78 is 18.9. The van der Waals surface area contributed by atoms with Crippen molar-refractivity contribution in [1.29, 1.82) is 0 Å². The number of imide groups is 2. The smallest absolute Gasteiger partial charge is 0.335 e. The second-order valence-electron chi connectivity index (χ2n) is 6.46. The molecule has 2 aromatic carbocycles. The number of halogens is 2. The third kappa shape index (κ3) is 4.46. The molecule has 1 fully saturated rings. The molecule has 0 saturated carbocycles. The Morgan fingerprint density at radius 3 is 2.48 bits per heavy atom. The molecule has 0 radical (unpaired) electrons. The monoisotopic (exact) mass is 416 g/mol. The van der Waals surface area contributed by atoms with Crippen molar-refractivity contribution in [3.8, 4) is 5.75 Å². The number of anilines is 1. The molecule has 1 aliphatic heterocycles. The van der Waals surface area contributed by atoms with E-state index < -0.39 is 23.7 Å². The minimum Gasteiger partial charge on any atom is -0.489 e.